The molecule has 0 fully saturated rings. The maximum Gasteiger partial charge on any atom is 0.264 e. The van der Waals surface area contributed by atoms with Crippen LogP contribution in [-0.4, -0.2) is 43.8 Å². The minimum atomic E-state index is -4.11. The SMILES string of the molecule is Cc1cc(Cl)ccc1N(CC(=O)N(Cc1ccccc1)[C@H](C)C(=O)NC(C)C)S(=O)(=O)c1ccccc1. The summed E-state index contributed by atoms with van der Waals surface area (Å²) < 4.78 is 28.6. The molecular formula is C28H32ClN3O4S. The van der Waals surface area contributed by atoms with Crippen molar-refractivity contribution in [1.82, 2.24) is 10.2 Å². The highest BCUT2D eigenvalue weighted by molar-refractivity contribution is 7.92. The number of nitrogens with one attached hydrogen (secondary N) is 1. The standard InChI is InChI=1S/C28H32ClN3O4S/c1-20(2)30-28(34)22(4)31(18-23-11-7-5-8-12-23)27(33)19-32(26-16-15-24(29)17-21(26)3)37(35,36)25-13-9-6-10-14-25/h5-17,20,22H,18-19H2,1-4H3,(H,30,34)/t22-/m1/s1. The fourth-order valence-electron chi connectivity index (χ4n) is 3.90. The van der Waals surface area contributed by atoms with Gasteiger partial charge < -0.3 is 10.2 Å². The summed E-state index contributed by atoms with van der Waals surface area (Å²) in [6.45, 7) is 6.70. The molecule has 3 aromatic carbocycles. The second kappa shape index (κ2) is 12.3. The predicted molar refractivity (Wildman–Crippen MR) is 147 cm³/mol. The number of anilines is 1. The van der Waals surface area contributed by atoms with Crippen molar-refractivity contribution >= 4 is 39.1 Å². The van der Waals surface area contributed by atoms with E-state index in [2.05, 4.69) is 5.32 Å². The Labute approximate surface area is 224 Å². The molecule has 3 aromatic rings. The molecule has 0 aromatic heterocycles. The summed E-state index contributed by atoms with van der Waals surface area (Å²) in [4.78, 5) is 28.2. The molecule has 1 N–H and O–H groups in total. The van der Waals surface area contributed by atoms with Gasteiger partial charge in [0.05, 0.1) is 10.6 Å². The predicted octanol–water partition coefficient (Wildman–Crippen LogP) is 4.79. The Bertz CT molecular complexity index is 1330. The molecule has 0 saturated heterocycles. The molecule has 196 valence electrons. The van der Waals surface area contributed by atoms with Crippen molar-refractivity contribution in [2.45, 2.75) is 51.2 Å². The maximum absolute atomic E-state index is 13.8. The lowest BCUT2D eigenvalue weighted by Gasteiger charge is -2.32. The fraction of sp³-hybridized carbons (Fsp3) is 0.286. The van der Waals surface area contributed by atoms with Gasteiger partial charge >= 0.3 is 0 Å². The summed E-state index contributed by atoms with van der Waals surface area (Å²) in [5.41, 5.74) is 1.75. The fourth-order valence-corrected chi connectivity index (χ4v) is 5.63. The first-order valence-electron chi connectivity index (χ1n) is 12.0. The smallest absolute Gasteiger partial charge is 0.264 e. The lowest BCUT2D eigenvalue weighted by atomic mass is 10.1. The lowest BCUT2D eigenvalue weighted by molar-refractivity contribution is -0.139. The molecule has 9 heteroatoms. The molecule has 0 heterocycles. The highest BCUT2D eigenvalue weighted by atomic mass is 35.5. The first-order valence-corrected chi connectivity index (χ1v) is 13.8. The van der Waals surface area contributed by atoms with Crippen LogP contribution in [0.4, 0.5) is 5.69 Å². The van der Waals surface area contributed by atoms with Gasteiger partial charge in [-0.05, 0) is 69.2 Å². The van der Waals surface area contributed by atoms with E-state index in [0.29, 0.717) is 16.3 Å². The lowest BCUT2D eigenvalue weighted by Crippen LogP contribution is -2.52. The third-order valence-corrected chi connectivity index (χ3v) is 7.84. The van der Waals surface area contributed by atoms with Gasteiger partial charge in [0.15, 0.2) is 0 Å². The Balaban J connectivity index is 2.04. The van der Waals surface area contributed by atoms with Crippen LogP contribution in [0.2, 0.25) is 5.02 Å². The molecule has 0 aliphatic heterocycles. The van der Waals surface area contributed by atoms with E-state index in [1.54, 1.807) is 50.2 Å². The number of benzene rings is 3. The zero-order chi connectivity index (χ0) is 27.2. The van der Waals surface area contributed by atoms with Gasteiger partial charge in [-0.15, -0.1) is 0 Å². The van der Waals surface area contributed by atoms with Crippen LogP contribution in [0.1, 0.15) is 31.9 Å². The highest BCUT2D eigenvalue weighted by Gasteiger charge is 2.33. The monoisotopic (exact) mass is 541 g/mol. The molecule has 0 saturated carbocycles. The number of sulfonamides is 1. The molecule has 2 amide bonds. The van der Waals surface area contributed by atoms with Crippen molar-refractivity contribution in [3.63, 3.8) is 0 Å². The summed E-state index contributed by atoms with van der Waals surface area (Å²) in [6, 6.07) is 21.1. The topological polar surface area (TPSA) is 86.8 Å². The van der Waals surface area contributed by atoms with Gasteiger partial charge in [-0.1, -0.05) is 60.1 Å². The van der Waals surface area contributed by atoms with Crippen molar-refractivity contribution in [1.29, 1.82) is 0 Å². The normalized spacial score (nSPS) is 12.2. The van der Waals surface area contributed by atoms with E-state index in [4.69, 9.17) is 11.6 Å². The molecular weight excluding hydrogens is 510 g/mol. The van der Waals surface area contributed by atoms with Crippen LogP contribution >= 0.6 is 11.6 Å². The van der Waals surface area contributed by atoms with E-state index < -0.39 is 28.5 Å². The minimum absolute atomic E-state index is 0.0531. The average Bonchev–Trinajstić information content (AvgIpc) is 2.86. The minimum Gasteiger partial charge on any atom is -0.352 e. The van der Waals surface area contributed by atoms with Crippen molar-refractivity contribution in [3.05, 3.63) is 95.0 Å². The number of amides is 2. The van der Waals surface area contributed by atoms with E-state index in [1.165, 1.54) is 17.0 Å². The van der Waals surface area contributed by atoms with Crippen molar-refractivity contribution in [2.75, 3.05) is 10.8 Å². The summed E-state index contributed by atoms with van der Waals surface area (Å²) in [6.07, 6.45) is 0. The number of carbonyl (C=O) groups excluding carboxylic acids is 2. The van der Waals surface area contributed by atoms with Gasteiger partial charge in [0, 0.05) is 17.6 Å². The third kappa shape index (κ3) is 7.11. The first kappa shape index (κ1) is 28.2. The van der Waals surface area contributed by atoms with Crippen molar-refractivity contribution < 1.29 is 18.0 Å². The van der Waals surface area contributed by atoms with Gasteiger partial charge in [-0.3, -0.25) is 13.9 Å². The van der Waals surface area contributed by atoms with E-state index in [-0.39, 0.29) is 23.4 Å². The van der Waals surface area contributed by atoms with Crippen LogP contribution in [0.25, 0.3) is 0 Å². The number of nitrogens with zero attached hydrogens (tertiary/aromatic N) is 2. The van der Waals surface area contributed by atoms with Crippen molar-refractivity contribution in [2.24, 2.45) is 0 Å². The second-order valence-electron chi connectivity index (χ2n) is 9.10. The number of rotatable bonds is 10. The molecule has 0 bridgehead atoms. The number of hydrogen-bond acceptors (Lipinski definition) is 4. The molecule has 1 atom stereocenters. The molecule has 0 aliphatic carbocycles. The summed E-state index contributed by atoms with van der Waals surface area (Å²) in [5.74, 6) is -0.830. The molecule has 0 radical (unpaired) electrons. The van der Waals surface area contributed by atoms with E-state index in [9.17, 15) is 18.0 Å². The Morgan fingerprint density at radius 1 is 0.919 bits per heavy atom. The zero-order valence-corrected chi connectivity index (χ0v) is 23.0. The van der Waals surface area contributed by atoms with Crippen LogP contribution in [0.5, 0.6) is 0 Å². The maximum atomic E-state index is 13.8. The summed E-state index contributed by atoms with van der Waals surface area (Å²) in [7, 11) is -4.11. The Kier molecular flexibility index (Phi) is 9.34. The number of hydrogen-bond donors (Lipinski definition) is 1. The molecule has 3 rings (SSSR count). The van der Waals surface area contributed by atoms with E-state index >= 15 is 0 Å². The number of aryl methyl sites for hydroxylation is 1. The van der Waals surface area contributed by atoms with Gasteiger partial charge in [-0.2, -0.15) is 0 Å². The molecule has 0 unspecified atom stereocenters. The van der Waals surface area contributed by atoms with Gasteiger partial charge in [0.25, 0.3) is 10.0 Å². The molecule has 37 heavy (non-hydrogen) atoms. The van der Waals surface area contributed by atoms with Crippen LogP contribution in [0, 0.1) is 6.92 Å². The van der Waals surface area contributed by atoms with Crippen molar-refractivity contribution in [3.8, 4) is 0 Å². The molecule has 0 spiro atoms. The Morgan fingerprint density at radius 3 is 2.08 bits per heavy atom. The highest BCUT2D eigenvalue weighted by Crippen LogP contribution is 2.29. The van der Waals surface area contributed by atoms with Gasteiger partial charge in [0.2, 0.25) is 11.8 Å². The van der Waals surface area contributed by atoms with E-state index in [0.717, 1.165) is 9.87 Å². The van der Waals surface area contributed by atoms with Crippen LogP contribution < -0.4 is 9.62 Å². The Morgan fingerprint density at radius 2 is 1.51 bits per heavy atom. The summed E-state index contributed by atoms with van der Waals surface area (Å²) >= 11 is 6.13. The van der Waals surface area contributed by atoms with E-state index in [1.807, 2.05) is 44.2 Å². The quantitative estimate of drug-likeness (QED) is 0.400. The zero-order valence-electron chi connectivity index (χ0n) is 21.4. The average molecular weight is 542 g/mol. The van der Waals surface area contributed by atoms with Crippen LogP contribution in [0.3, 0.4) is 0 Å². The van der Waals surface area contributed by atoms with Crippen LogP contribution in [-0.2, 0) is 26.2 Å². The molecule has 0 aliphatic rings. The molecule has 7 nitrogen and oxygen atoms in total. The second-order valence-corrected chi connectivity index (χ2v) is 11.4. The van der Waals surface area contributed by atoms with Crippen LogP contribution in [0.15, 0.2) is 83.8 Å². The largest absolute Gasteiger partial charge is 0.352 e. The first-order chi connectivity index (χ1) is 17.5. The number of carbonyl (C=O) groups is 2. The van der Waals surface area contributed by atoms with Gasteiger partial charge in [-0.25, -0.2) is 8.42 Å². The van der Waals surface area contributed by atoms with Gasteiger partial charge in [0.1, 0.15) is 12.6 Å². The summed E-state index contributed by atoms with van der Waals surface area (Å²) in [5, 5.41) is 3.29. The Hall–Kier alpha value is -3.36. The third-order valence-electron chi connectivity index (χ3n) is 5.83. The number of halogens is 1.